The second-order valence-corrected chi connectivity index (χ2v) is 4.50. The van der Waals surface area contributed by atoms with Gasteiger partial charge in [-0.3, -0.25) is 0 Å². The third kappa shape index (κ3) is 2.33. The van der Waals surface area contributed by atoms with Gasteiger partial charge in [0.05, 0.1) is 5.54 Å². The monoisotopic (exact) mass is 259 g/mol. The van der Waals surface area contributed by atoms with Gasteiger partial charge in [0.25, 0.3) is 0 Å². The first kappa shape index (κ1) is 12.9. The summed E-state index contributed by atoms with van der Waals surface area (Å²) in [5, 5.41) is 0. The summed E-state index contributed by atoms with van der Waals surface area (Å²) >= 11 is 0. The predicted octanol–water partition coefficient (Wildman–Crippen LogP) is 2.03. The van der Waals surface area contributed by atoms with Crippen LogP contribution < -0.4 is 5.73 Å². The summed E-state index contributed by atoms with van der Waals surface area (Å²) in [5.41, 5.74) is 6.61. The van der Waals surface area contributed by atoms with E-state index in [4.69, 9.17) is 5.73 Å². The lowest BCUT2D eigenvalue weighted by atomic mass is 10.0. The number of aryl methyl sites for hydroxylation is 1. The topological polar surface area (TPSA) is 52.3 Å². The van der Waals surface area contributed by atoms with Gasteiger partial charge in [-0.15, -0.1) is 0 Å². The fourth-order valence-corrected chi connectivity index (χ4v) is 1.76. The van der Waals surface area contributed by atoms with Gasteiger partial charge in [0.1, 0.15) is 6.10 Å². The average molecular weight is 259 g/mol. The highest BCUT2D eigenvalue weighted by Gasteiger charge is 2.58. The number of hydrogen-bond donors (Lipinski definition) is 1. The molecule has 1 saturated carbocycles. The van der Waals surface area contributed by atoms with E-state index in [0.29, 0.717) is 5.56 Å². The SMILES string of the molecule is Cc1ccc(C2(N)CC2OC(=O)C(F)(F)F)cc1. The molecule has 2 N–H and O–H groups in total. The zero-order chi connectivity index (χ0) is 13.6. The molecule has 1 fully saturated rings. The van der Waals surface area contributed by atoms with Crippen LogP contribution in [0.2, 0.25) is 0 Å². The van der Waals surface area contributed by atoms with Crippen molar-refractivity contribution in [2.24, 2.45) is 5.73 Å². The van der Waals surface area contributed by atoms with Gasteiger partial charge in [-0.1, -0.05) is 29.8 Å². The second-order valence-electron chi connectivity index (χ2n) is 4.50. The van der Waals surface area contributed by atoms with E-state index in [9.17, 15) is 18.0 Å². The number of rotatable bonds is 2. The molecule has 2 atom stereocenters. The number of carbonyl (C=O) groups is 1. The van der Waals surface area contributed by atoms with Crippen molar-refractivity contribution in [2.75, 3.05) is 0 Å². The van der Waals surface area contributed by atoms with E-state index in [1.54, 1.807) is 12.1 Å². The lowest BCUT2D eigenvalue weighted by Crippen LogP contribution is -2.31. The highest BCUT2D eigenvalue weighted by atomic mass is 19.4. The molecule has 1 aromatic rings. The minimum Gasteiger partial charge on any atom is -0.453 e. The lowest BCUT2D eigenvalue weighted by molar-refractivity contribution is -0.201. The van der Waals surface area contributed by atoms with Crippen molar-refractivity contribution in [3.63, 3.8) is 0 Å². The molecule has 6 heteroatoms. The van der Waals surface area contributed by atoms with Gasteiger partial charge in [0.2, 0.25) is 0 Å². The fraction of sp³-hybridized carbons (Fsp3) is 0.417. The number of ether oxygens (including phenoxy) is 1. The molecule has 0 bridgehead atoms. The molecule has 0 saturated heterocycles. The smallest absolute Gasteiger partial charge is 0.453 e. The summed E-state index contributed by atoms with van der Waals surface area (Å²) in [7, 11) is 0. The van der Waals surface area contributed by atoms with Crippen LogP contribution in [0.25, 0.3) is 0 Å². The van der Waals surface area contributed by atoms with E-state index >= 15 is 0 Å². The maximum atomic E-state index is 12.0. The summed E-state index contributed by atoms with van der Waals surface area (Å²) in [4.78, 5) is 10.7. The number of carbonyl (C=O) groups excluding carboxylic acids is 1. The van der Waals surface area contributed by atoms with E-state index in [1.807, 2.05) is 19.1 Å². The number of esters is 1. The van der Waals surface area contributed by atoms with Crippen LogP contribution in [0, 0.1) is 6.92 Å². The normalized spacial score (nSPS) is 26.8. The number of halogens is 3. The van der Waals surface area contributed by atoms with Crippen LogP contribution >= 0.6 is 0 Å². The van der Waals surface area contributed by atoms with E-state index in [2.05, 4.69) is 4.74 Å². The molecular weight excluding hydrogens is 247 g/mol. The molecule has 1 aliphatic rings. The Hall–Kier alpha value is -1.56. The molecule has 0 spiro atoms. The van der Waals surface area contributed by atoms with E-state index in [1.165, 1.54) is 0 Å². The number of benzene rings is 1. The average Bonchev–Trinajstić information content (AvgIpc) is 2.90. The van der Waals surface area contributed by atoms with Crippen LogP contribution in [0.1, 0.15) is 17.5 Å². The molecule has 1 aliphatic carbocycles. The first-order chi connectivity index (χ1) is 8.23. The summed E-state index contributed by atoms with van der Waals surface area (Å²) < 4.78 is 40.4. The van der Waals surface area contributed by atoms with E-state index in [0.717, 1.165) is 5.56 Å². The third-order valence-electron chi connectivity index (χ3n) is 3.01. The van der Waals surface area contributed by atoms with Gasteiger partial charge >= 0.3 is 12.1 Å². The highest BCUT2D eigenvalue weighted by molar-refractivity contribution is 5.76. The summed E-state index contributed by atoms with van der Waals surface area (Å²) in [5.74, 6) is -2.19. The molecule has 1 aromatic carbocycles. The molecule has 0 amide bonds. The van der Waals surface area contributed by atoms with Crippen LogP contribution in [-0.2, 0) is 15.1 Å². The molecule has 2 rings (SSSR count). The van der Waals surface area contributed by atoms with Crippen LogP contribution in [0.15, 0.2) is 24.3 Å². The third-order valence-corrected chi connectivity index (χ3v) is 3.01. The van der Waals surface area contributed by atoms with E-state index in [-0.39, 0.29) is 6.42 Å². The fourth-order valence-electron chi connectivity index (χ4n) is 1.76. The Kier molecular flexibility index (Phi) is 2.85. The maximum Gasteiger partial charge on any atom is 0.490 e. The van der Waals surface area contributed by atoms with Crippen molar-refractivity contribution in [3.05, 3.63) is 35.4 Å². The molecule has 0 heterocycles. The quantitative estimate of drug-likeness (QED) is 0.827. The molecule has 3 nitrogen and oxygen atoms in total. The minimum absolute atomic E-state index is 0.206. The highest BCUT2D eigenvalue weighted by Crippen LogP contribution is 2.46. The van der Waals surface area contributed by atoms with Crippen molar-refractivity contribution in [3.8, 4) is 0 Å². The number of hydrogen-bond acceptors (Lipinski definition) is 3. The van der Waals surface area contributed by atoms with Gasteiger partial charge in [-0.05, 0) is 12.5 Å². The Labute approximate surface area is 102 Å². The summed E-state index contributed by atoms with van der Waals surface area (Å²) in [6.45, 7) is 1.89. The van der Waals surface area contributed by atoms with Crippen molar-refractivity contribution < 1.29 is 22.7 Å². The minimum atomic E-state index is -4.98. The van der Waals surface area contributed by atoms with Crippen molar-refractivity contribution in [1.82, 2.24) is 0 Å². The standard InChI is InChI=1S/C12H12F3NO2/c1-7-2-4-8(5-3-7)11(16)6-9(11)18-10(17)12(13,14)15/h2-5,9H,6,16H2,1H3. The summed E-state index contributed by atoms with van der Waals surface area (Å²) in [6.07, 6.45) is -5.68. The second kappa shape index (κ2) is 3.98. The Bertz CT molecular complexity index is 469. The Morgan fingerprint density at radius 1 is 1.39 bits per heavy atom. The van der Waals surface area contributed by atoms with E-state index < -0.39 is 23.8 Å². The van der Waals surface area contributed by atoms with Crippen LogP contribution in [0.3, 0.4) is 0 Å². The molecule has 98 valence electrons. The van der Waals surface area contributed by atoms with Crippen LogP contribution in [0.4, 0.5) is 13.2 Å². The predicted molar refractivity (Wildman–Crippen MR) is 57.6 cm³/mol. The summed E-state index contributed by atoms with van der Waals surface area (Å²) in [6, 6.07) is 7.09. The molecule has 0 aliphatic heterocycles. The first-order valence-corrected chi connectivity index (χ1v) is 5.37. The molecule has 0 aromatic heterocycles. The lowest BCUT2D eigenvalue weighted by Gasteiger charge is -2.13. The number of alkyl halides is 3. The first-order valence-electron chi connectivity index (χ1n) is 5.37. The van der Waals surface area contributed by atoms with Gasteiger partial charge in [-0.2, -0.15) is 13.2 Å². The zero-order valence-electron chi connectivity index (χ0n) is 9.62. The maximum absolute atomic E-state index is 12.0. The largest absolute Gasteiger partial charge is 0.490 e. The molecule has 18 heavy (non-hydrogen) atoms. The van der Waals surface area contributed by atoms with Gasteiger partial charge < -0.3 is 10.5 Å². The zero-order valence-corrected chi connectivity index (χ0v) is 9.62. The molecular formula is C12H12F3NO2. The van der Waals surface area contributed by atoms with Crippen molar-refractivity contribution in [1.29, 1.82) is 0 Å². The van der Waals surface area contributed by atoms with Crippen molar-refractivity contribution >= 4 is 5.97 Å². The van der Waals surface area contributed by atoms with Crippen molar-refractivity contribution in [2.45, 2.75) is 31.2 Å². The van der Waals surface area contributed by atoms with Crippen LogP contribution in [-0.4, -0.2) is 18.2 Å². The Morgan fingerprint density at radius 3 is 2.44 bits per heavy atom. The van der Waals surface area contributed by atoms with Gasteiger partial charge in [0.15, 0.2) is 0 Å². The van der Waals surface area contributed by atoms with Crippen LogP contribution in [0.5, 0.6) is 0 Å². The Morgan fingerprint density at radius 2 is 1.94 bits per heavy atom. The molecule has 0 radical (unpaired) electrons. The molecule has 2 unspecified atom stereocenters. The van der Waals surface area contributed by atoms with Gasteiger partial charge in [0, 0.05) is 6.42 Å². The Balaban J connectivity index is 2.05. The number of nitrogens with two attached hydrogens (primary N) is 1. The van der Waals surface area contributed by atoms with Gasteiger partial charge in [-0.25, -0.2) is 4.79 Å².